The summed E-state index contributed by atoms with van der Waals surface area (Å²) in [5, 5.41) is 15.0. The quantitative estimate of drug-likeness (QED) is 0.434. The molecule has 0 bridgehead atoms. The summed E-state index contributed by atoms with van der Waals surface area (Å²) in [6.45, 7) is 1.42. The molecule has 1 aliphatic rings. The maximum absolute atomic E-state index is 12.8. The Labute approximate surface area is 178 Å². The number of carbonyl (C=O) groups excluding carboxylic acids is 3. The second-order valence-electron chi connectivity index (χ2n) is 7.15. The van der Waals surface area contributed by atoms with E-state index >= 15 is 0 Å². The van der Waals surface area contributed by atoms with E-state index in [9.17, 15) is 19.5 Å². The van der Waals surface area contributed by atoms with E-state index < -0.39 is 5.92 Å². The van der Waals surface area contributed by atoms with Gasteiger partial charge in [-0.2, -0.15) is 0 Å². The predicted molar refractivity (Wildman–Crippen MR) is 118 cm³/mol. The van der Waals surface area contributed by atoms with Crippen LogP contribution in [0, 0.1) is 0 Å². The van der Waals surface area contributed by atoms with E-state index in [1.165, 1.54) is 19.2 Å². The number of nitrogens with one attached hydrogen (secondary N) is 2. The number of aromatic hydroxyl groups is 1. The molecule has 7 nitrogen and oxygen atoms in total. The molecule has 0 saturated carbocycles. The number of ketones is 1. The molecule has 3 N–H and O–H groups in total. The number of hydrogen-bond donors (Lipinski definition) is 3. The number of fused-ring (bicyclic) bond motifs is 1. The van der Waals surface area contributed by atoms with Crippen LogP contribution in [0.3, 0.4) is 0 Å². The van der Waals surface area contributed by atoms with Crippen LogP contribution in [0.4, 0.5) is 17.1 Å². The molecule has 4 rings (SSSR count). The Morgan fingerprint density at radius 1 is 1.03 bits per heavy atom. The van der Waals surface area contributed by atoms with E-state index in [4.69, 9.17) is 0 Å². The molecular weight excluding hydrogens is 394 g/mol. The van der Waals surface area contributed by atoms with Crippen molar-refractivity contribution in [2.24, 2.45) is 4.99 Å². The summed E-state index contributed by atoms with van der Waals surface area (Å²) in [4.78, 5) is 40.7. The number of aliphatic imine (C=N–C) groups is 1. The van der Waals surface area contributed by atoms with Gasteiger partial charge < -0.3 is 15.7 Å². The Morgan fingerprint density at radius 2 is 1.77 bits per heavy atom. The molecule has 1 aliphatic heterocycles. The molecule has 3 aromatic carbocycles. The van der Waals surface area contributed by atoms with Crippen LogP contribution in [0.15, 0.2) is 71.7 Å². The number of benzene rings is 3. The lowest BCUT2D eigenvalue weighted by Crippen LogP contribution is -2.12. The molecule has 3 aromatic rings. The standard InChI is InChI=1S/C24H19N3O4/c1-14(28)26-17-8-5-15(6-9-17)23(30)16-7-10-20-21(24(31)27-22(20)11-16)13-25-18-3-2-4-19(29)12-18/h2-13,21,29H,1H3,(H,26,28)(H,27,31). The SMILES string of the molecule is CC(=O)Nc1ccc(C(=O)c2ccc3c(c2)NC(=O)C3C=Nc2cccc(O)c2)cc1. The molecular formula is C24H19N3O4. The lowest BCUT2D eigenvalue weighted by Gasteiger charge is -2.07. The van der Waals surface area contributed by atoms with Crippen LogP contribution in [-0.2, 0) is 9.59 Å². The molecule has 7 heteroatoms. The Balaban J connectivity index is 1.55. The topological polar surface area (TPSA) is 108 Å². The monoisotopic (exact) mass is 413 g/mol. The second kappa shape index (κ2) is 8.23. The van der Waals surface area contributed by atoms with Gasteiger partial charge in [0.1, 0.15) is 11.7 Å². The molecule has 0 aromatic heterocycles. The smallest absolute Gasteiger partial charge is 0.237 e. The van der Waals surface area contributed by atoms with Crippen LogP contribution in [0.1, 0.15) is 34.3 Å². The molecule has 0 spiro atoms. The number of nitrogens with zero attached hydrogens (tertiary/aromatic N) is 1. The molecule has 1 atom stereocenters. The lowest BCUT2D eigenvalue weighted by molar-refractivity contribution is -0.116. The van der Waals surface area contributed by atoms with Gasteiger partial charge in [-0.15, -0.1) is 0 Å². The number of phenols is 1. The van der Waals surface area contributed by atoms with Crippen molar-refractivity contribution in [3.8, 4) is 5.75 Å². The van der Waals surface area contributed by atoms with Crippen molar-refractivity contribution < 1.29 is 19.5 Å². The van der Waals surface area contributed by atoms with Crippen molar-refractivity contribution in [2.75, 3.05) is 10.6 Å². The highest BCUT2D eigenvalue weighted by Gasteiger charge is 2.30. The minimum Gasteiger partial charge on any atom is -0.508 e. The second-order valence-corrected chi connectivity index (χ2v) is 7.15. The van der Waals surface area contributed by atoms with Gasteiger partial charge in [-0.1, -0.05) is 18.2 Å². The molecule has 2 amide bonds. The van der Waals surface area contributed by atoms with Crippen LogP contribution in [-0.4, -0.2) is 28.9 Å². The first-order valence-electron chi connectivity index (χ1n) is 9.61. The summed E-state index contributed by atoms with van der Waals surface area (Å²) >= 11 is 0. The maximum Gasteiger partial charge on any atom is 0.237 e. The fraction of sp³-hybridized carbons (Fsp3) is 0.0833. The van der Waals surface area contributed by atoms with E-state index in [0.717, 1.165) is 5.56 Å². The lowest BCUT2D eigenvalue weighted by atomic mass is 9.97. The van der Waals surface area contributed by atoms with Crippen LogP contribution in [0.5, 0.6) is 5.75 Å². The average molecular weight is 413 g/mol. The number of rotatable bonds is 5. The summed E-state index contributed by atoms with van der Waals surface area (Å²) in [7, 11) is 0. The normalized spacial score (nSPS) is 14.9. The molecule has 154 valence electrons. The predicted octanol–water partition coefficient (Wildman–Crippen LogP) is 4.02. The van der Waals surface area contributed by atoms with Crippen molar-refractivity contribution in [3.05, 3.63) is 83.4 Å². The molecule has 0 fully saturated rings. The van der Waals surface area contributed by atoms with Crippen molar-refractivity contribution in [3.63, 3.8) is 0 Å². The molecule has 31 heavy (non-hydrogen) atoms. The molecule has 0 saturated heterocycles. The first-order chi connectivity index (χ1) is 14.9. The Bertz CT molecular complexity index is 1220. The fourth-order valence-corrected chi connectivity index (χ4v) is 3.39. The van der Waals surface area contributed by atoms with Gasteiger partial charge >= 0.3 is 0 Å². The van der Waals surface area contributed by atoms with Crippen LogP contribution in [0.2, 0.25) is 0 Å². The van der Waals surface area contributed by atoms with Crippen molar-refractivity contribution in [1.29, 1.82) is 0 Å². The van der Waals surface area contributed by atoms with Crippen LogP contribution < -0.4 is 10.6 Å². The number of anilines is 2. The number of amides is 2. The zero-order chi connectivity index (χ0) is 22.0. The summed E-state index contributed by atoms with van der Waals surface area (Å²) in [6, 6.07) is 18.1. The van der Waals surface area contributed by atoms with Gasteiger partial charge in [0.05, 0.1) is 5.69 Å². The Kier molecular flexibility index (Phi) is 5.32. The van der Waals surface area contributed by atoms with Gasteiger partial charge in [-0.05, 0) is 48.0 Å². The Hall–Kier alpha value is -4.26. The minimum absolute atomic E-state index is 0.0965. The highest BCUT2D eigenvalue weighted by Crippen LogP contribution is 2.33. The van der Waals surface area contributed by atoms with Crippen molar-refractivity contribution in [2.45, 2.75) is 12.8 Å². The average Bonchev–Trinajstić information content (AvgIpc) is 3.06. The summed E-state index contributed by atoms with van der Waals surface area (Å²) in [5.74, 6) is -1.10. The summed E-state index contributed by atoms with van der Waals surface area (Å²) in [5.41, 5.74) is 3.36. The third-order valence-electron chi connectivity index (χ3n) is 4.86. The zero-order valence-electron chi connectivity index (χ0n) is 16.6. The maximum atomic E-state index is 12.8. The van der Waals surface area contributed by atoms with E-state index in [0.29, 0.717) is 28.2 Å². The van der Waals surface area contributed by atoms with Gasteiger partial charge in [0.15, 0.2) is 5.78 Å². The minimum atomic E-state index is -0.585. The number of carbonyl (C=O) groups is 3. The molecule has 0 aliphatic carbocycles. The van der Waals surface area contributed by atoms with E-state index in [1.54, 1.807) is 60.7 Å². The van der Waals surface area contributed by atoms with E-state index in [2.05, 4.69) is 15.6 Å². The molecule has 1 unspecified atom stereocenters. The number of phenolic OH excluding ortho intramolecular Hbond substituents is 1. The largest absolute Gasteiger partial charge is 0.508 e. The fourth-order valence-electron chi connectivity index (χ4n) is 3.39. The highest BCUT2D eigenvalue weighted by atomic mass is 16.3. The van der Waals surface area contributed by atoms with E-state index in [1.807, 2.05) is 0 Å². The summed E-state index contributed by atoms with van der Waals surface area (Å²) < 4.78 is 0. The third-order valence-corrected chi connectivity index (χ3v) is 4.86. The first kappa shape index (κ1) is 20.0. The summed E-state index contributed by atoms with van der Waals surface area (Å²) in [6.07, 6.45) is 1.53. The highest BCUT2D eigenvalue weighted by molar-refractivity contribution is 6.15. The Morgan fingerprint density at radius 3 is 2.48 bits per heavy atom. The zero-order valence-corrected chi connectivity index (χ0v) is 16.6. The van der Waals surface area contributed by atoms with Gasteiger partial charge in [0.25, 0.3) is 0 Å². The van der Waals surface area contributed by atoms with Gasteiger partial charge in [0.2, 0.25) is 11.8 Å². The van der Waals surface area contributed by atoms with Crippen LogP contribution in [0.25, 0.3) is 0 Å². The van der Waals surface area contributed by atoms with Crippen LogP contribution >= 0.6 is 0 Å². The van der Waals surface area contributed by atoms with Crippen molar-refractivity contribution >= 4 is 40.9 Å². The van der Waals surface area contributed by atoms with Gasteiger partial charge in [-0.25, -0.2) is 0 Å². The molecule has 1 heterocycles. The molecule has 0 radical (unpaired) electrons. The third kappa shape index (κ3) is 4.35. The first-order valence-corrected chi connectivity index (χ1v) is 9.61. The van der Waals surface area contributed by atoms with Crippen molar-refractivity contribution in [1.82, 2.24) is 0 Å². The van der Waals surface area contributed by atoms with Gasteiger partial charge in [0, 0.05) is 41.7 Å². The van der Waals surface area contributed by atoms with Gasteiger partial charge in [-0.3, -0.25) is 19.4 Å². The number of hydrogen-bond acceptors (Lipinski definition) is 5. The van der Waals surface area contributed by atoms with E-state index in [-0.39, 0.29) is 23.3 Å².